The first-order chi connectivity index (χ1) is 15.5. The molecule has 168 valence electrons. The summed E-state index contributed by atoms with van der Waals surface area (Å²) in [5, 5.41) is 9.97. The molecule has 7 nitrogen and oxygen atoms in total. The van der Waals surface area contributed by atoms with E-state index < -0.39 is 0 Å². The molecular weight excluding hydrogens is 422 g/mol. The maximum atomic E-state index is 13.1. The lowest BCUT2D eigenvalue weighted by atomic mass is 10.2. The highest BCUT2D eigenvalue weighted by Gasteiger charge is 2.19. The molecule has 0 aliphatic rings. The van der Waals surface area contributed by atoms with Crippen LogP contribution in [-0.2, 0) is 13.1 Å². The monoisotopic (exact) mass is 451 g/mol. The minimum Gasteiger partial charge on any atom is -0.349 e. The highest BCUT2D eigenvalue weighted by Crippen LogP contribution is 2.24. The number of aromatic nitrogens is 5. The third kappa shape index (κ3) is 3.88. The van der Waals surface area contributed by atoms with E-state index in [4.69, 9.17) is 0 Å². The summed E-state index contributed by atoms with van der Waals surface area (Å²) in [6, 6.07) is 9.49. The first kappa shape index (κ1) is 22.3. The summed E-state index contributed by atoms with van der Waals surface area (Å²) in [5.41, 5.74) is 3.57. The van der Waals surface area contributed by atoms with E-state index in [9.17, 15) is 9.59 Å². The summed E-state index contributed by atoms with van der Waals surface area (Å²) in [6.45, 7) is 9.68. The maximum absolute atomic E-state index is 13.1. The lowest BCUT2D eigenvalue weighted by Gasteiger charge is -2.11. The fourth-order valence-corrected chi connectivity index (χ4v) is 5.15. The normalized spacial score (nSPS) is 11.6. The first-order valence-electron chi connectivity index (χ1n) is 11.2. The number of thioether (sulfide) groups is 1. The Morgan fingerprint density at radius 2 is 1.84 bits per heavy atom. The van der Waals surface area contributed by atoms with Crippen LogP contribution in [0.4, 0.5) is 0 Å². The zero-order valence-electron chi connectivity index (χ0n) is 19.1. The number of carbonyl (C=O) groups is 1. The summed E-state index contributed by atoms with van der Waals surface area (Å²) in [7, 11) is 0. The Morgan fingerprint density at radius 3 is 2.56 bits per heavy atom. The van der Waals surface area contributed by atoms with Crippen molar-refractivity contribution in [1.82, 2.24) is 23.7 Å². The lowest BCUT2D eigenvalue weighted by Crippen LogP contribution is -2.23. The fraction of sp³-hybridized carbons (Fsp3) is 0.417. The number of nitrogens with zero attached hydrogens (tertiary/aromatic N) is 5. The van der Waals surface area contributed by atoms with Gasteiger partial charge >= 0.3 is 0 Å². The third-order valence-electron chi connectivity index (χ3n) is 5.99. The number of hydrogen-bond acceptors (Lipinski definition) is 5. The molecule has 0 saturated heterocycles. The molecule has 0 unspecified atom stereocenters. The lowest BCUT2D eigenvalue weighted by molar-refractivity contribution is 0.102. The molecule has 0 fully saturated rings. The van der Waals surface area contributed by atoms with Crippen LogP contribution in [0, 0.1) is 13.8 Å². The van der Waals surface area contributed by atoms with Gasteiger partial charge in [-0.1, -0.05) is 43.7 Å². The number of carbonyl (C=O) groups excluding carboxylic acids is 1. The van der Waals surface area contributed by atoms with Crippen molar-refractivity contribution in [2.45, 2.75) is 65.2 Å². The van der Waals surface area contributed by atoms with Gasteiger partial charge in [0.15, 0.2) is 10.9 Å². The third-order valence-corrected chi connectivity index (χ3v) is 6.92. The smallest absolute Gasteiger partial charge is 0.262 e. The molecule has 3 heterocycles. The number of para-hydroxylation sites is 1. The van der Waals surface area contributed by atoms with Crippen molar-refractivity contribution in [2.24, 2.45) is 0 Å². The molecule has 0 aliphatic carbocycles. The molecule has 8 heteroatoms. The van der Waals surface area contributed by atoms with Gasteiger partial charge in [0.2, 0.25) is 5.78 Å². The number of fused-ring (bicyclic) bond motifs is 3. The quantitative estimate of drug-likeness (QED) is 0.210. The van der Waals surface area contributed by atoms with E-state index in [1.54, 1.807) is 4.57 Å². The van der Waals surface area contributed by atoms with E-state index in [0.717, 1.165) is 48.3 Å². The zero-order valence-corrected chi connectivity index (χ0v) is 19.9. The second kappa shape index (κ2) is 9.32. The number of Topliss-reactive ketones (excluding diaryl/α,β-unsaturated/α-hetero) is 1. The number of hydrogen-bond donors (Lipinski definition) is 0. The molecule has 4 aromatic rings. The van der Waals surface area contributed by atoms with Crippen LogP contribution >= 0.6 is 11.8 Å². The number of unbranched alkanes of at least 4 members (excludes halogenated alkanes) is 2. The van der Waals surface area contributed by atoms with Crippen LogP contribution in [0.15, 0.2) is 40.3 Å². The Hall–Kier alpha value is -2.87. The van der Waals surface area contributed by atoms with E-state index in [-0.39, 0.29) is 17.1 Å². The van der Waals surface area contributed by atoms with Gasteiger partial charge in [-0.15, -0.1) is 10.2 Å². The van der Waals surface area contributed by atoms with Crippen molar-refractivity contribution < 1.29 is 4.79 Å². The molecular formula is C24H29N5O2S. The average molecular weight is 452 g/mol. The molecule has 0 saturated carbocycles. The van der Waals surface area contributed by atoms with Crippen molar-refractivity contribution in [1.29, 1.82) is 0 Å². The van der Waals surface area contributed by atoms with Gasteiger partial charge in [-0.25, -0.2) is 0 Å². The van der Waals surface area contributed by atoms with Gasteiger partial charge in [0, 0.05) is 30.0 Å². The largest absolute Gasteiger partial charge is 0.349 e. The van der Waals surface area contributed by atoms with E-state index in [0.29, 0.717) is 22.9 Å². The molecule has 0 aliphatic heterocycles. The Kier molecular flexibility index (Phi) is 6.50. The highest BCUT2D eigenvalue weighted by atomic mass is 32.2. The van der Waals surface area contributed by atoms with E-state index >= 15 is 0 Å². The van der Waals surface area contributed by atoms with Crippen LogP contribution in [0.25, 0.3) is 16.7 Å². The molecule has 0 bridgehead atoms. The van der Waals surface area contributed by atoms with Crippen molar-refractivity contribution >= 4 is 34.2 Å². The van der Waals surface area contributed by atoms with Gasteiger partial charge in [0.25, 0.3) is 5.56 Å². The SMILES string of the molecule is CCCCCn1c(=O)c2ccccc2n2c(SCC(=O)c3cc(C)n(CC)c3C)nnc12. The Labute approximate surface area is 191 Å². The van der Waals surface area contributed by atoms with Gasteiger partial charge in [-0.3, -0.25) is 18.6 Å². The van der Waals surface area contributed by atoms with Crippen molar-refractivity contribution in [2.75, 3.05) is 5.75 Å². The fourth-order valence-electron chi connectivity index (χ4n) is 4.33. The van der Waals surface area contributed by atoms with Crippen LogP contribution in [-0.4, -0.2) is 35.3 Å². The standard InChI is InChI=1S/C24H29N5O2S/c1-5-7-10-13-28-22(31)18-11-8-9-12-20(18)29-23(28)25-26-24(29)32-15-21(30)19-14-16(3)27(6-2)17(19)4/h8-9,11-12,14H,5-7,10,13,15H2,1-4H3. The van der Waals surface area contributed by atoms with Gasteiger partial charge < -0.3 is 4.57 Å². The van der Waals surface area contributed by atoms with Crippen molar-refractivity contribution in [3.8, 4) is 0 Å². The number of rotatable bonds is 9. The second-order valence-corrected chi connectivity index (χ2v) is 8.98. The molecule has 0 amide bonds. The highest BCUT2D eigenvalue weighted by molar-refractivity contribution is 7.99. The minimum atomic E-state index is -0.0452. The van der Waals surface area contributed by atoms with E-state index in [1.807, 2.05) is 48.6 Å². The summed E-state index contributed by atoms with van der Waals surface area (Å²) in [5.74, 6) is 0.863. The zero-order chi connectivity index (χ0) is 22.8. The van der Waals surface area contributed by atoms with Crippen LogP contribution < -0.4 is 5.56 Å². The Morgan fingerprint density at radius 1 is 1.06 bits per heavy atom. The van der Waals surface area contributed by atoms with Crippen LogP contribution in [0.1, 0.15) is 54.9 Å². The number of benzene rings is 1. The van der Waals surface area contributed by atoms with Crippen LogP contribution in [0.5, 0.6) is 0 Å². The average Bonchev–Trinajstić information content (AvgIpc) is 3.34. The number of aryl methyl sites for hydroxylation is 2. The summed E-state index contributed by atoms with van der Waals surface area (Å²) >= 11 is 1.36. The molecule has 0 atom stereocenters. The van der Waals surface area contributed by atoms with Crippen LogP contribution in [0.3, 0.4) is 0 Å². The molecule has 1 aromatic carbocycles. The molecule has 4 rings (SSSR count). The molecule has 0 spiro atoms. The van der Waals surface area contributed by atoms with Crippen LogP contribution in [0.2, 0.25) is 0 Å². The summed E-state index contributed by atoms with van der Waals surface area (Å²) in [6.07, 6.45) is 3.03. The minimum absolute atomic E-state index is 0.0452. The summed E-state index contributed by atoms with van der Waals surface area (Å²) < 4.78 is 5.77. The Bertz CT molecular complexity index is 1350. The van der Waals surface area contributed by atoms with Gasteiger partial charge in [0.05, 0.1) is 16.7 Å². The van der Waals surface area contributed by atoms with Gasteiger partial charge in [-0.05, 0) is 45.4 Å². The van der Waals surface area contributed by atoms with E-state index in [2.05, 4.69) is 28.6 Å². The van der Waals surface area contributed by atoms with Crippen molar-refractivity contribution in [3.63, 3.8) is 0 Å². The first-order valence-corrected chi connectivity index (χ1v) is 12.2. The topological polar surface area (TPSA) is 74.2 Å². The molecule has 0 radical (unpaired) electrons. The molecule has 0 N–H and O–H groups in total. The molecule has 32 heavy (non-hydrogen) atoms. The molecule has 3 aromatic heterocycles. The maximum Gasteiger partial charge on any atom is 0.262 e. The summed E-state index contributed by atoms with van der Waals surface area (Å²) in [4.78, 5) is 26.1. The van der Waals surface area contributed by atoms with Crippen molar-refractivity contribution in [3.05, 3.63) is 57.6 Å². The van der Waals surface area contributed by atoms with E-state index in [1.165, 1.54) is 11.8 Å². The Balaban J connectivity index is 1.71. The van der Waals surface area contributed by atoms with Gasteiger partial charge in [0.1, 0.15) is 0 Å². The van der Waals surface area contributed by atoms with Gasteiger partial charge in [-0.2, -0.15) is 0 Å². The predicted octanol–water partition coefficient (Wildman–Crippen LogP) is 4.65. The second-order valence-electron chi connectivity index (χ2n) is 8.04. The number of ketones is 1. The predicted molar refractivity (Wildman–Crippen MR) is 129 cm³/mol.